The third-order valence-corrected chi connectivity index (χ3v) is 7.75. The second-order valence-corrected chi connectivity index (χ2v) is 9.33. The first kappa shape index (κ1) is 15.8. The van der Waals surface area contributed by atoms with E-state index in [1.54, 1.807) is 10.4 Å². The zero-order chi connectivity index (χ0) is 14.0. The summed E-state index contributed by atoms with van der Waals surface area (Å²) in [5.74, 6) is 0. The van der Waals surface area contributed by atoms with Gasteiger partial charge in [0.2, 0.25) is 0 Å². The summed E-state index contributed by atoms with van der Waals surface area (Å²) in [6.07, 6.45) is 4.15. The molecular formula is C12H17BrClNO2S2. The summed E-state index contributed by atoms with van der Waals surface area (Å²) in [5, 5.41) is 0.654. The molecule has 1 fully saturated rings. The topological polar surface area (TPSA) is 37.4 Å². The van der Waals surface area contributed by atoms with E-state index in [0.29, 0.717) is 20.4 Å². The van der Waals surface area contributed by atoms with Crippen LogP contribution >= 0.6 is 38.9 Å². The third kappa shape index (κ3) is 3.35. The molecule has 0 spiro atoms. The molecule has 0 saturated heterocycles. The first-order valence-electron chi connectivity index (χ1n) is 6.30. The van der Waals surface area contributed by atoms with Crippen LogP contribution in [0.3, 0.4) is 0 Å². The van der Waals surface area contributed by atoms with Crippen LogP contribution in [0.2, 0.25) is 4.34 Å². The number of hydrogen-bond acceptors (Lipinski definition) is 3. The van der Waals surface area contributed by atoms with E-state index in [2.05, 4.69) is 15.9 Å². The van der Waals surface area contributed by atoms with Crippen LogP contribution in [0.5, 0.6) is 0 Å². The van der Waals surface area contributed by atoms with Crippen molar-refractivity contribution < 1.29 is 8.42 Å². The van der Waals surface area contributed by atoms with Crippen molar-refractivity contribution in [1.29, 1.82) is 0 Å². The van der Waals surface area contributed by atoms with E-state index in [1.165, 1.54) is 0 Å². The van der Waals surface area contributed by atoms with E-state index in [1.807, 2.05) is 6.92 Å². The lowest BCUT2D eigenvalue weighted by Crippen LogP contribution is -2.39. The zero-order valence-corrected chi connectivity index (χ0v) is 14.7. The number of sulfonamides is 1. The van der Waals surface area contributed by atoms with E-state index >= 15 is 0 Å². The lowest BCUT2D eigenvalue weighted by atomic mass is 10.2. The molecule has 0 atom stereocenters. The van der Waals surface area contributed by atoms with Gasteiger partial charge in [0, 0.05) is 17.9 Å². The Kier molecular flexibility index (Phi) is 5.34. The van der Waals surface area contributed by atoms with Gasteiger partial charge in [-0.15, -0.1) is 11.3 Å². The second-order valence-electron chi connectivity index (χ2n) is 4.77. The molecule has 2 rings (SSSR count). The van der Waals surface area contributed by atoms with Gasteiger partial charge < -0.3 is 0 Å². The Hall–Kier alpha value is 0.380. The molecule has 1 aliphatic rings. The molecule has 1 aromatic rings. The van der Waals surface area contributed by atoms with Gasteiger partial charge in [-0.1, -0.05) is 40.4 Å². The SMILES string of the molecule is Cc1cc(S(=O)(=O)N(CCBr)C2CCCC2)sc1Cl. The van der Waals surface area contributed by atoms with Crippen LogP contribution in [-0.2, 0) is 10.0 Å². The largest absolute Gasteiger partial charge is 0.252 e. The minimum atomic E-state index is -3.41. The Balaban J connectivity index is 2.33. The quantitative estimate of drug-likeness (QED) is 0.716. The average molecular weight is 387 g/mol. The van der Waals surface area contributed by atoms with E-state index in [4.69, 9.17) is 11.6 Å². The molecule has 7 heteroatoms. The lowest BCUT2D eigenvalue weighted by Gasteiger charge is -2.26. The summed E-state index contributed by atoms with van der Waals surface area (Å²) in [7, 11) is -3.41. The molecule has 0 bridgehead atoms. The number of nitrogens with zero attached hydrogens (tertiary/aromatic N) is 1. The van der Waals surface area contributed by atoms with E-state index < -0.39 is 10.0 Å². The standard InChI is InChI=1S/C12H17BrClNO2S2/c1-9-8-11(18-12(9)14)19(16,17)15(7-6-13)10-4-2-3-5-10/h8,10H,2-7H2,1H3. The molecule has 3 nitrogen and oxygen atoms in total. The van der Waals surface area contributed by atoms with Gasteiger partial charge in [0.15, 0.2) is 0 Å². The maximum atomic E-state index is 12.7. The van der Waals surface area contributed by atoms with E-state index in [-0.39, 0.29) is 6.04 Å². The van der Waals surface area contributed by atoms with Gasteiger partial charge in [-0.2, -0.15) is 4.31 Å². The fourth-order valence-corrected chi connectivity index (χ4v) is 6.59. The van der Waals surface area contributed by atoms with Crippen LogP contribution in [0.4, 0.5) is 0 Å². The molecule has 0 unspecified atom stereocenters. The molecule has 0 radical (unpaired) electrons. The summed E-state index contributed by atoms with van der Waals surface area (Å²) >= 11 is 10.5. The van der Waals surface area contributed by atoms with Crippen molar-refractivity contribution in [1.82, 2.24) is 4.31 Å². The first-order chi connectivity index (χ1) is 8.96. The van der Waals surface area contributed by atoms with Crippen LogP contribution in [0.1, 0.15) is 31.2 Å². The summed E-state index contributed by atoms with van der Waals surface area (Å²) < 4.78 is 28.0. The fraction of sp³-hybridized carbons (Fsp3) is 0.667. The highest BCUT2D eigenvalue weighted by molar-refractivity contribution is 9.09. The van der Waals surface area contributed by atoms with Crippen molar-refractivity contribution >= 4 is 48.9 Å². The van der Waals surface area contributed by atoms with Gasteiger partial charge in [-0.25, -0.2) is 8.42 Å². The Bertz CT molecular complexity index is 518. The molecule has 1 saturated carbocycles. The third-order valence-electron chi connectivity index (χ3n) is 3.43. The highest BCUT2D eigenvalue weighted by Gasteiger charge is 2.33. The molecule has 0 aliphatic heterocycles. The number of rotatable bonds is 5. The lowest BCUT2D eigenvalue weighted by molar-refractivity contribution is 0.339. The maximum absolute atomic E-state index is 12.7. The maximum Gasteiger partial charge on any atom is 0.252 e. The van der Waals surface area contributed by atoms with Crippen LogP contribution < -0.4 is 0 Å². The van der Waals surface area contributed by atoms with Gasteiger partial charge in [-0.05, 0) is 31.4 Å². The predicted molar refractivity (Wildman–Crippen MR) is 84.0 cm³/mol. The van der Waals surface area contributed by atoms with Crippen molar-refractivity contribution in [2.45, 2.75) is 42.9 Å². The summed E-state index contributed by atoms with van der Waals surface area (Å²) in [4.78, 5) is 0. The number of hydrogen-bond donors (Lipinski definition) is 0. The summed E-state index contributed by atoms with van der Waals surface area (Å²) in [6.45, 7) is 2.35. The Morgan fingerprint density at radius 1 is 1.47 bits per heavy atom. The van der Waals surface area contributed by atoms with Crippen molar-refractivity contribution in [2.75, 3.05) is 11.9 Å². The molecule has 0 aromatic carbocycles. The van der Waals surface area contributed by atoms with Crippen molar-refractivity contribution in [3.8, 4) is 0 Å². The van der Waals surface area contributed by atoms with E-state index in [0.717, 1.165) is 42.6 Å². The molecular weight excluding hydrogens is 370 g/mol. The molecule has 108 valence electrons. The van der Waals surface area contributed by atoms with Crippen LogP contribution in [0.15, 0.2) is 10.3 Å². The molecule has 1 aliphatic carbocycles. The van der Waals surface area contributed by atoms with Gasteiger partial charge in [0.25, 0.3) is 10.0 Å². The predicted octanol–water partition coefficient (Wildman–Crippen LogP) is 4.04. The molecule has 0 amide bonds. The Morgan fingerprint density at radius 3 is 2.58 bits per heavy atom. The second kappa shape index (κ2) is 6.43. The van der Waals surface area contributed by atoms with Gasteiger partial charge in [0.1, 0.15) is 4.21 Å². The minimum Gasteiger partial charge on any atom is -0.206 e. The van der Waals surface area contributed by atoms with E-state index in [9.17, 15) is 8.42 Å². The first-order valence-corrected chi connectivity index (χ1v) is 10.1. The minimum absolute atomic E-state index is 0.142. The summed E-state index contributed by atoms with van der Waals surface area (Å²) in [5.41, 5.74) is 0.829. The number of halogens is 2. The molecule has 1 heterocycles. The summed E-state index contributed by atoms with van der Waals surface area (Å²) in [6, 6.07) is 1.82. The average Bonchev–Trinajstić information content (AvgIpc) is 2.97. The highest BCUT2D eigenvalue weighted by Crippen LogP contribution is 2.35. The van der Waals surface area contributed by atoms with Crippen LogP contribution in [0, 0.1) is 6.92 Å². The molecule has 19 heavy (non-hydrogen) atoms. The monoisotopic (exact) mass is 385 g/mol. The number of aryl methyl sites for hydroxylation is 1. The van der Waals surface area contributed by atoms with Gasteiger partial charge >= 0.3 is 0 Å². The molecule has 1 aromatic heterocycles. The number of thiophene rings is 1. The van der Waals surface area contributed by atoms with Gasteiger partial charge in [0.05, 0.1) is 4.34 Å². The Morgan fingerprint density at radius 2 is 2.11 bits per heavy atom. The smallest absolute Gasteiger partial charge is 0.206 e. The molecule has 0 N–H and O–H groups in total. The number of alkyl halides is 1. The van der Waals surface area contributed by atoms with Gasteiger partial charge in [-0.3, -0.25) is 0 Å². The highest BCUT2D eigenvalue weighted by atomic mass is 79.9. The van der Waals surface area contributed by atoms with Crippen molar-refractivity contribution in [3.63, 3.8) is 0 Å². The van der Waals surface area contributed by atoms with Crippen LogP contribution in [0.25, 0.3) is 0 Å². The van der Waals surface area contributed by atoms with Crippen LogP contribution in [-0.4, -0.2) is 30.6 Å². The zero-order valence-electron chi connectivity index (χ0n) is 10.7. The fourth-order valence-electron chi connectivity index (χ4n) is 2.45. The Labute approximate surface area is 132 Å². The normalized spacial score (nSPS) is 17.5. The van der Waals surface area contributed by atoms with Crippen molar-refractivity contribution in [3.05, 3.63) is 16.0 Å². The van der Waals surface area contributed by atoms with Crippen molar-refractivity contribution in [2.24, 2.45) is 0 Å².